The van der Waals surface area contributed by atoms with Crippen molar-refractivity contribution in [3.63, 3.8) is 0 Å². The number of amides is 2. The fourth-order valence-corrected chi connectivity index (χ4v) is 3.51. The lowest BCUT2D eigenvalue weighted by Crippen LogP contribution is -2.37. The van der Waals surface area contributed by atoms with E-state index in [4.69, 9.17) is 0 Å². The van der Waals surface area contributed by atoms with Gasteiger partial charge in [0.05, 0.1) is 23.2 Å². The molecule has 1 aromatic carbocycles. The number of hydrogen-bond acceptors (Lipinski definition) is 3. The molecule has 2 aromatic rings. The van der Waals surface area contributed by atoms with Crippen molar-refractivity contribution in [3.8, 4) is 5.69 Å². The minimum Gasteiger partial charge on any atom is -0.393 e. The molecule has 0 saturated heterocycles. The smallest absolute Gasteiger partial charge is 0.321 e. The summed E-state index contributed by atoms with van der Waals surface area (Å²) in [6.45, 7) is 4.51. The molecule has 0 aliphatic heterocycles. The maximum absolute atomic E-state index is 12.6. The van der Waals surface area contributed by atoms with E-state index in [1.807, 2.05) is 48.9 Å². The summed E-state index contributed by atoms with van der Waals surface area (Å²) in [5.74, 6) is 0.169. The second-order valence-corrected chi connectivity index (χ2v) is 6.93. The summed E-state index contributed by atoms with van der Waals surface area (Å²) in [5, 5.41) is 17.4. The van der Waals surface area contributed by atoms with Crippen molar-refractivity contribution in [1.29, 1.82) is 0 Å². The molecule has 1 aromatic heterocycles. The summed E-state index contributed by atoms with van der Waals surface area (Å²) >= 11 is 0. The molecule has 1 heterocycles. The molecule has 0 bridgehead atoms. The van der Waals surface area contributed by atoms with E-state index in [9.17, 15) is 9.90 Å². The first-order valence-corrected chi connectivity index (χ1v) is 8.78. The maximum atomic E-state index is 12.6. The highest BCUT2D eigenvalue weighted by atomic mass is 16.3. The summed E-state index contributed by atoms with van der Waals surface area (Å²) in [7, 11) is 1.77. The predicted molar refractivity (Wildman–Crippen MR) is 98.0 cm³/mol. The molecule has 2 N–H and O–H groups in total. The zero-order valence-electron chi connectivity index (χ0n) is 15.1. The number of hydrogen-bond donors (Lipinski definition) is 2. The Labute approximate surface area is 148 Å². The molecule has 1 saturated carbocycles. The molecule has 134 valence electrons. The van der Waals surface area contributed by atoms with Crippen molar-refractivity contribution < 1.29 is 9.90 Å². The second-order valence-electron chi connectivity index (χ2n) is 6.93. The van der Waals surface area contributed by atoms with Gasteiger partial charge < -0.3 is 15.3 Å². The lowest BCUT2D eigenvalue weighted by molar-refractivity contribution is 0.116. The highest BCUT2D eigenvalue weighted by molar-refractivity contribution is 5.91. The molecular formula is C19H26N4O2. The summed E-state index contributed by atoms with van der Waals surface area (Å²) in [6, 6.07) is 9.48. The van der Waals surface area contributed by atoms with Gasteiger partial charge in [0, 0.05) is 25.2 Å². The standard InChI is InChI=1S/C19H26N4O2/c1-13-11-14(2)23(21-13)17-9-5-4-8-16(17)20-19(25)22(3)12-15-7-6-10-18(15)24/h4-5,8-9,11,15,18,24H,6-7,10,12H2,1-3H3,(H,20,25). The van der Waals surface area contributed by atoms with E-state index in [1.54, 1.807) is 11.9 Å². The Morgan fingerprint density at radius 1 is 1.36 bits per heavy atom. The summed E-state index contributed by atoms with van der Waals surface area (Å²) < 4.78 is 1.84. The van der Waals surface area contributed by atoms with E-state index in [1.165, 1.54) is 0 Å². The highest BCUT2D eigenvalue weighted by Gasteiger charge is 2.27. The number of aliphatic hydroxyl groups is 1. The van der Waals surface area contributed by atoms with Gasteiger partial charge in [-0.15, -0.1) is 0 Å². The van der Waals surface area contributed by atoms with Crippen molar-refractivity contribution in [2.24, 2.45) is 5.92 Å². The third-order valence-corrected chi connectivity index (χ3v) is 4.86. The van der Waals surface area contributed by atoms with Gasteiger partial charge in [0.15, 0.2) is 0 Å². The number of anilines is 1. The minimum absolute atomic E-state index is 0.169. The number of aryl methyl sites for hydroxylation is 2. The van der Waals surface area contributed by atoms with Crippen molar-refractivity contribution in [1.82, 2.24) is 14.7 Å². The van der Waals surface area contributed by atoms with Crippen molar-refractivity contribution in [2.45, 2.75) is 39.2 Å². The van der Waals surface area contributed by atoms with Gasteiger partial charge in [-0.2, -0.15) is 5.10 Å². The van der Waals surface area contributed by atoms with Crippen LogP contribution in [0.1, 0.15) is 30.7 Å². The van der Waals surface area contributed by atoms with Crippen LogP contribution in [0, 0.1) is 19.8 Å². The number of benzene rings is 1. The van der Waals surface area contributed by atoms with Crippen LogP contribution < -0.4 is 5.32 Å². The Balaban J connectivity index is 1.74. The molecule has 1 aliphatic rings. The summed E-state index contributed by atoms with van der Waals surface area (Å²) in [4.78, 5) is 14.2. The van der Waals surface area contributed by atoms with Crippen LogP contribution in [0.5, 0.6) is 0 Å². The number of nitrogens with one attached hydrogen (secondary N) is 1. The summed E-state index contributed by atoms with van der Waals surface area (Å²) in [5.41, 5.74) is 3.51. The quantitative estimate of drug-likeness (QED) is 0.897. The van der Waals surface area contributed by atoms with Crippen LogP contribution in [-0.4, -0.2) is 45.5 Å². The fraction of sp³-hybridized carbons (Fsp3) is 0.474. The molecule has 1 aliphatic carbocycles. The van der Waals surface area contributed by atoms with E-state index in [-0.39, 0.29) is 18.1 Å². The molecule has 1 fully saturated rings. The van der Waals surface area contributed by atoms with Gasteiger partial charge in [-0.3, -0.25) is 0 Å². The SMILES string of the molecule is Cc1cc(C)n(-c2ccccc2NC(=O)N(C)CC2CCCC2O)n1. The van der Waals surface area contributed by atoms with E-state index >= 15 is 0 Å². The van der Waals surface area contributed by atoms with Crippen LogP contribution >= 0.6 is 0 Å². The number of aromatic nitrogens is 2. The van der Waals surface area contributed by atoms with E-state index < -0.39 is 0 Å². The largest absolute Gasteiger partial charge is 0.393 e. The topological polar surface area (TPSA) is 70.4 Å². The third-order valence-electron chi connectivity index (χ3n) is 4.86. The van der Waals surface area contributed by atoms with Crippen molar-refractivity contribution in [2.75, 3.05) is 18.9 Å². The molecule has 2 amide bonds. The van der Waals surface area contributed by atoms with Crippen LogP contribution in [0.25, 0.3) is 5.69 Å². The maximum Gasteiger partial charge on any atom is 0.321 e. The number of nitrogens with zero attached hydrogens (tertiary/aromatic N) is 3. The van der Waals surface area contributed by atoms with Crippen LogP contribution in [-0.2, 0) is 0 Å². The first-order valence-electron chi connectivity index (χ1n) is 8.78. The molecule has 2 atom stereocenters. The highest BCUT2D eigenvalue weighted by Crippen LogP contribution is 2.26. The average molecular weight is 342 g/mol. The lowest BCUT2D eigenvalue weighted by atomic mass is 10.1. The molecule has 6 nitrogen and oxygen atoms in total. The van der Waals surface area contributed by atoms with Gasteiger partial charge in [-0.05, 0) is 44.9 Å². The molecule has 2 unspecified atom stereocenters. The van der Waals surface area contributed by atoms with Gasteiger partial charge in [0.1, 0.15) is 0 Å². The first-order chi connectivity index (χ1) is 12.0. The zero-order valence-corrected chi connectivity index (χ0v) is 15.1. The minimum atomic E-state index is -0.294. The fourth-order valence-electron chi connectivity index (χ4n) is 3.51. The monoisotopic (exact) mass is 342 g/mol. The van der Waals surface area contributed by atoms with Gasteiger partial charge in [0.25, 0.3) is 0 Å². The third kappa shape index (κ3) is 3.85. The van der Waals surface area contributed by atoms with Crippen LogP contribution in [0.2, 0.25) is 0 Å². The number of carbonyl (C=O) groups excluding carboxylic acids is 1. The van der Waals surface area contributed by atoms with Crippen molar-refractivity contribution >= 4 is 11.7 Å². The Morgan fingerprint density at radius 2 is 2.12 bits per heavy atom. The molecule has 6 heteroatoms. The zero-order chi connectivity index (χ0) is 18.0. The predicted octanol–water partition coefficient (Wildman–Crippen LogP) is 3.11. The van der Waals surface area contributed by atoms with Gasteiger partial charge >= 0.3 is 6.03 Å². The first kappa shape index (κ1) is 17.5. The Kier molecular flexibility index (Phi) is 5.08. The molecule has 25 heavy (non-hydrogen) atoms. The molecule has 0 spiro atoms. The van der Waals surface area contributed by atoms with Gasteiger partial charge in [-0.1, -0.05) is 18.6 Å². The number of rotatable bonds is 4. The van der Waals surface area contributed by atoms with Crippen LogP contribution in [0.4, 0.5) is 10.5 Å². The Morgan fingerprint density at radius 3 is 2.76 bits per heavy atom. The van der Waals surface area contributed by atoms with Crippen LogP contribution in [0.3, 0.4) is 0 Å². The lowest BCUT2D eigenvalue weighted by Gasteiger charge is -2.24. The van der Waals surface area contributed by atoms with Gasteiger partial charge in [0.2, 0.25) is 0 Å². The Bertz CT molecular complexity index is 756. The molecular weight excluding hydrogens is 316 g/mol. The second kappa shape index (κ2) is 7.27. The molecule has 3 rings (SSSR count). The van der Waals surface area contributed by atoms with E-state index in [2.05, 4.69) is 10.4 Å². The number of urea groups is 1. The number of aliphatic hydroxyl groups excluding tert-OH is 1. The van der Waals surface area contributed by atoms with Gasteiger partial charge in [-0.25, -0.2) is 9.48 Å². The Hall–Kier alpha value is -2.34. The summed E-state index contributed by atoms with van der Waals surface area (Å²) in [6.07, 6.45) is 2.54. The normalized spacial score (nSPS) is 19.8. The average Bonchev–Trinajstić information content (AvgIpc) is 3.13. The number of para-hydroxylation sites is 2. The van der Waals surface area contributed by atoms with E-state index in [0.29, 0.717) is 6.54 Å². The number of carbonyl (C=O) groups is 1. The van der Waals surface area contributed by atoms with Crippen molar-refractivity contribution in [3.05, 3.63) is 41.7 Å². The van der Waals surface area contributed by atoms with E-state index in [0.717, 1.165) is 42.0 Å². The molecule has 0 radical (unpaired) electrons. The van der Waals surface area contributed by atoms with Crippen LogP contribution in [0.15, 0.2) is 30.3 Å².